The number of rotatable bonds is 3. The lowest BCUT2D eigenvalue weighted by molar-refractivity contribution is 0.620. The van der Waals surface area contributed by atoms with Gasteiger partial charge in [0, 0.05) is 10.1 Å². The van der Waals surface area contributed by atoms with Crippen molar-refractivity contribution < 1.29 is 4.39 Å². The summed E-state index contributed by atoms with van der Waals surface area (Å²) in [7, 11) is 0. The SMILES string of the molecule is N=C(N)c1c(F)cccc1SC1CCCC1. The Morgan fingerprint density at radius 1 is 1.38 bits per heavy atom. The number of nitrogen functional groups attached to an aromatic ring is 1. The van der Waals surface area contributed by atoms with Crippen LogP contribution in [0.3, 0.4) is 0 Å². The Morgan fingerprint density at radius 3 is 2.69 bits per heavy atom. The van der Waals surface area contributed by atoms with Crippen molar-refractivity contribution in [3.63, 3.8) is 0 Å². The number of nitrogens with one attached hydrogen (secondary N) is 1. The molecule has 0 unspecified atom stereocenters. The topological polar surface area (TPSA) is 49.9 Å². The van der Waals surface area contributed by atoms with Gasteiger partial charge in [0.25, 0.3) is 0 Å². The fourth-order valence-corrected chi connectivity index (χ4v) is 3.46. The van der Waals surface area contributed by atoms with Crippen LogP contribution in [0, 0.1) is 11.2 Å². The molecule has 0 spiro atoms. The molecule has 0 radical (unpaired) electrons. The normalized spacial score (nSPS) is 16.6. The smallest absolute Gasteiger partial charge is 0.135 e. The van der Waals surface area contributed by atoms with E-state index in [9.17, 15) is 4.39 Å². The van der Waals surface area contributed by atoms with Crippen LogP contribution in [-0.2, 0) is 0 Å². The van der Waals surface area contributed by atoms with Crippen LogP contribution in [-0.4, -0.2) is 11.1 Å². The van der Waals surface area contributed by atoms with Crippen molar-refractivity contribution in [2.24, 2.45) is 5.73 Å². The van der Waals surface area contributed by atoms with Gasteiger partial charge in [-0.3, -0.25) is 5.41 Å². The van der Waals surface area contributed by atoms with Gasteiger partial charge in [-0.05, 0) is 25.0 Å². The van der Waals surface area contributed by atoms with E-state index in [2.05, 4.69) is 0 Å². The van der Waals surface area contributed by atoms with E-state index in [1.54, 1.807) is 17.8 Å². The van der Waals surface area contributed by atoms with Crippen molar-refractivity contribution in [3.05, 3.63) is 29.6 Å². The van der Waals surface area contributed by atoms with Crippen LogP contribution >= 0.6 is 11.8 Å². The number of hydrogen-bond donors (Lipinski definition) is 2. The first-order chi connectivity index (χ1) is 7.68. The summed E-state index contributed by atoms with van der Waals surface area (Å²) in [4.78, 5) is 0.805. The highest BCUT2D eigenvalue weighted by Gasteiger charge is 2.19. The first-order valence-corrected chi connectivity index (χ1v) is 6.36. The summed E-state index contributed by atoms with van der Waals surface area (Å²) < 4.78 is 13.5. The molecule has 1 aliphatic rings. The lowest BCUT2D eigenvalue weighted by atomic mass is 10.2. The maximum absolute atomic E-state index is 13.5. The van der Waals surface area contributed by atoms with Crippen LogP contribution in [0.5, 0.6) is 0 Å². The molecule has 2 nitrogen and oxygen atoms in total. The number of amidine groups is 1. The highest BCUT2D eigenvalue weighted by molar-refractivity contribution is 8.00. The summed E-state index contributed by atoms with van der Waals surface area (Å²) in [6.07, 6.45) is 4.86. The van der Waals surface area contributed by atoms with Crippen molar-refractivity contribution in [3.8, 4) is 0 Å². The Balaban J connectivity index is 2.25. The van der Waals surface area contributed by atoms with E-state index >= 15 is 0 Å². The molecule has 0 atom stereocenters. The van der Waals surface area contributed by atoms with Gasteiger partial charge >= 0.3 is 0 Å². The van der Waals surface area contributed by atoms with Crippen molar-refractivity contribution in [2.75, 3.05) is 0 Å². The highest BCUT2D eigenvalue weighted by Crippen LogP contribution is 2.36. The first-order valence-electron chi connectivity index (χ1n) is 5.48. The van der Waals surface area contributed by atoms with Crippen LogP contribution in [0.4, 0.5) is 4.39 Å². The maximum atomic E-state index is 13.5. The van der Waals surface area contributed by atoms with E-state index < -0.39 is 5.82 Å². The second-order valence-corrected chi connectivity index (χ2v) is 5.39. The van der Waals surface area contributed by atoms with E-state index in [-0.39, 0.29) is 11.4 Å². The third-order valence-electron chi connectivity index (χ3n) is 2.84. The van der Waals surface area contributed by atoms with E-state index in [1.165, 1.54) is 31.7 Å². The minimum absolute atomic E-state index is 0.182. The van der Waals surface area contributed by atoms with Crippen molar-refractivity contribution in [2.45, 2.75) is 35.8 Å². The Kier molecular flexibility index (Phi) is 3.49. The largest absolute Gasteiger partial charge is 0.384 e. The van der Waals surface area contributed by atoms with E-state index in [0.717, 1.165) is 4.90 Å². The molecular weight excluding hydrogens is 223 g/mol. The zero-order chi connectivity index (χ0) is 11.5. The lowest BCUT2D eigenvalue weighted by Gasteiger charge is -2.12. The van der Waals surface area contributed by atoms with Gasteiger partial charge in [-0.15, -0.1) is 11.8 Å². The molecule has 1 aromatic rings. The molecule has 1 saturated carbocycles. The molecule has 0 amide bonds. The van der Waals surface area contributed by atoms with Gasteiger partial charge in [0.05, 0.1) is 5.56 Å². The Labute approximate surface area is 98.9 Å². The van der Waals surface area contributed by atoms with Gasteiger partial charge < -0.3 is 5.73 Å². The van der Waals surface area contributed by atoms with Crippen LogP contribution in [0.1, 0.15) is 31.2 Å². The Bertz CT molecular complexity index is 400. The molecule has 16 heavy (non-hydrogen) atoms. The average molecular weight is 238 g/mol. The van der Waals surface area contributed by atoms with Crippen molar-refractivity contribution >= 4 is 17.6 Å². The molecule has 3 N–H and O–H groups in total. The predicted molar refractivity (Wildman–Crippen MR) is 65.5 cm³/mol. The minimum atomic E-state index is -0.393. The molecule has 1 fully saturated rings. The van der Waals surface area contributed by atoms with E-state index in [1.807, 2.05) is 6.07 Å². The fraction of sp³-hybridized carbons (Fsp3) is 0.417. The Morgan fingerprint density at radius 2 is 2.06 bits per heavy atom. The molecular formula is C12H15FN2S. The fourth-order valence-electron chi connectivity index (χ4n) is 2.05. The third-order valence-corrected chi connectivity index (χ3v) is 4.24. The maximum Gasteiger partial charge on any atom is 0.135 e. The van der Waals surface area contributed by atoms with Gasteiger partial charge in [-0.2, -0.15) is 0 Å². The lowest BCUT2D eigenvalue weighted by Crippen LogP contribution is -2.15. The number of halogens is 1. The van der Waals surface area contributed by atoms with E-state index in [4.69, 9.17) is 11.1 Å². The first kappa shape index (κ1) is 11.5. The monoisotopic (exact) mass is 238 g/mol. The summed E-state index contributed by atoms with van der Waals surface area (Å²) in [5.74, 6) is -0.575. The molecule has 4 heteroatoms. The summed E-state index contributed by atoms with van der Waals surface area (Å²) in [6, 6.07) is 4.89. The van der Waals surface area contributed by atoms with Crippen LogP contribution in [0.15, 0.2) is 23.1 Å². The summed E-state index contributed by atoms with van der Waals surface area (Å²) in [5.41, 5.74) is 5.68. The molecule has 0 aliphatic heterocycles. The van der Waals surface area contributed by atoms with Gasteiger partial charge in [0.1, 0.15) is 11.7 Å². The zero-order valence-electron chi connectivity index (χ0n) is 9.00. The van der Waals surface area contributed by atoms with Gasteiger partial charge in [0.15, 0.2) is 0 Å². The average Bonchev–Trinajstić information content (AvgIpc) is 2.70. The third kappa shape index (κ3) is 2.38. The zero-order valence-corrected chi connectivity index (χ0v) is 9.82. The molecule has 86 valence electrons. The summed E-state index contributed by atoms with van der Waals surface area (Å²) >= 11 is 1.66. The molecule has 0 saturated heterocycles. The van der Waals surface area contributed by atoms with Gasteiger partial charge in [-0.25, -0.2) is 4.39 Å². The van der Waals surface area contributed by atoms with Gasteiger partial charge in [-0.1, -0.05) is 18.9 Å². The highest BCUT2D eigenvalue weighted by atomic mass is 32.2. The Hall–Kier alpha value is -1.03. The van der Waals surface area contributed by atoms with Crippen LogP contribution < -0.4 is 5.73 Å². The van der Waals surface area contributed by atoms with Crippen molar-refractivity contribution in [1.29, 1.82) is 5.41 Å². The number of hydrogen-bond acceptors (Lipinski definition) is 2. The summed E-state index contributed by atoms with van der Waals surface area (Å²) in [5, 5.41) is 7.97. The predicted octanol–water partition coefficient (Wildman–Crippen LogP) is 3.14. The van der Waals surface area contributed by atoms with E-state index in [0.29, 0.717) is 5.25 Å². The molecule has 1 aliphatic carbocycles. The molecule has 0 aromatic heterocycles. The summed E-state index contributed by atoms with van der Waals surface area (Å²) in [6.45, 7) is 0. The standard InChI is InChI=1S/C12H15FN2S/c13-9-6-3-7-10(11(9)12(14)15)16-8-4-1-2-5-8/h3,6-8H,1-2,4-5H2,(H3,14,15). The van der Waals surface area contributed by atoms with Crippen molar-refractivity contribution in [1.82, 2.24) is 0 Å². The number of benzene rings is 1. The minimum Gasteiger partial charge on any atom is -0.384 e. The number of thioether (sulfide) groups is 1. The second-order valence-electron chi connectivity index (χ2n) is 4.05. The molecule has 1 aromatic carbocycles. The molecule has 2 rings (SSSR count). The quantitative estimate of drug-likeness (QED) is 0.628. The van der Waals surface area contributed by atoms with Gasteiger partial charge in [0.2, 0.25) is 0 Å². The second kappa shape index (κ2) is 4.87. The van der Waals surface area contributed by atoms with Crippen LogP contribution in [0.2, 0.25) is 0 Å². The molecule has 0 heterocycles. The molecule has 0 bridgehead atoms. The van der Waals surface area contributed by atoms with Crippen LogP contribution in [0.25, 0.3) is 0 Å². The number of nitrogens with two attached hydrogens (primary N) is 1.